The summed E-state index contributed by atoms with van der Waals surface area (Å²) < 4.78 is 0. The van der Waals surface area contributed by atoms with Crippen LogP contribution in [-0.2, 0) is 30.5 Å². The van der Waals surface area contributed by atoms with Gasteiger partial charge < -0.3 is 0 Å². The van der Waals surface area contributed by atoms with Crippen molar-refractivity contribution in [2.75, 3.05) is 0 Å². The van der Waals surface area contributed by atoms with Gasteiger partial charge in [-0.15, -0.1) is 0 Å². The Kier molecular flexibility index (Phi) is 4.62. The fourth-order valence-corrected chi connectivity index (χ4v) is 4.73. The third-order valence-electron chi connectivity index (χ3n) is 5.16. The summed E-state index contributed by atoms with van der Waals surface area (Å²) in [4.78, 5) is 23.0. The summed E-state index contributed by atoms with van der Waals surface area (Å²) in [6, 6.07) is 17.3. The minimum Gasteiger partial charge on any atom is -0.286 e. The number of hydrogen-bond acceptors (Lipinski definition) is 3. The summed E-state index contributed by atoms with van der Waals surface area (Å²) in [7, 11) is 0. The SMILES string of the molecule is O=C1NC(=O)C(Cc2ccc3c(c2)CCC(Cc2ccccc2)C3)S1. The lowest BCUT2D eigenvalue weighted by atomic mass is 9.80. The molecule has 2 unspecified atom stereocenters. The fourth-order valence-electron chi connectivity index (χ4n) is 3.87. The molecule has 1 fully saturated rings. The lowest BCUT2D eigenvalue weighted by Crippen LogP contribution is -2.25. The van der Waals surface area contributed by atoms with Gasteiger partial charge in [-0.3, -0.25) is 14.9 Å². The van der Waals surface area contributed by atoms with Crippen LogP contribution in [0.1, 0.15) is 28.7 Å². The molecule has 2 amide bonds. The Morgan fingerprint density at radius 1 is 0.960 bits per heavy atom. The van der Waals surface area contributed by atoms with Gasteiger partial charge in [-0.1, -0.05) is 60.3 Å². The Bertz CT molecular complexity index is 803. The quantitative estimate of drug-likeness (QED) is 0.908. The van der Waals surface area contributed by atoms with Crippen LogP contribution in [0.15, 0.2) is 48.5 Å². The van der Waals surface area contributed by atoms with Crippen molar-refractivity contribution in [2.24, 2.45) is 5.92 Å². The van der Waals surface area contributed by atoms with Crippen molar-refractivity contribution in [1.82, 2.24) is 5.32 Å². The first kappa shape index (κ1) is 16.4. The lowest BCUT2D eigenvalue weighted by molar-refractivity contribution is -0.118. The highest BCUT2D eigenvalue weighted by atomic mass is 32.2. The number of nitrogens with one attached hydrogen (secondary N) is 1. The summed E-state index contributed by atoms with van der Waals surface area (Å²) in [5.74, 6) is 0.546. The lowest BCUT2D eigenvalue weighted by Gasteiger charge is -2.25. The zero-order chi connectivity index (χ0) is 17.2. The van der Waals surface area contributed by atoms with Gasteiger partial charge in [-0.05, 0) is 60.3 Å². The van der Waals surface area contributed by atoms with E-state index in [-0.39, 0.29) is 16.4 Å². The zero-order valence-electron chi connectivity index (χ0n) is 14.0. The van der Waals surface area contributed by atoms with Gasteiger partial charge in [0.2, 0.25) is 5.91 Å². The largest absolute Gasteiger partial charge is 0.286 e. The van der Waals surface area contributed by atoms with E-state index < -0.39 is 0 Å². The van der Waals surface area contributed by atoms with Gasteiger partial charge in [0, 0.05) is 0 Å². The van der Waals surface area contributed by atoms with Gasteiger partial charge in [0.05, 0.1) is 5.25 Å². The molecule has 128 valence electrons. The smallest absolute Gasteiger partial charge is 0.286 e. The molecule has 0 radical (unpaired) electrons. The predicted octanol–water partition coefficient (Wildman–Crippen LogP) is 3.93. The molecular formula is C21H21NO2S. The van der Waals surface area contributed by atoms with Crippen molar-refractivity contribution < 1.29 is 9.59 Å². The Labute approximate surface area is 152 Å². The van der Waals surface area contributed by atoms with E-state index in [0.29, 0.717) is 12.3 Å². The van der Waals surface area contributed by atoms with Crippen molar-refractivity contribution in [1.29, 1.82) is 0 Å². The number of aryl methyl sites for hydroxylation is 1. The van der Waals surface area contributed by atoms with Crippen molar-refractivity contribution in [2.45, 2.75) is 37.4 Å². The first-order chi connectivity index (χ1) is 12.2. The predicted molar refractivity (Wildman–Crippen MR) is 101 cm³/mol. The molecule has 1 heterocycles. The fraction of sp³-hybridized carbons (Fsp3) is 0.333. The van der Waals surface area contributed by atoms with Crippen LogP contribution in [0.4, 0.5) is 4.79 Å². The molecule has 0 bridgehead atoms. The molecular weight excluding hydrogens is 330 g/mol. The third kappa shape index (κ3) is 3.79. The number of hydrogen-bond donors (Lipinski definition) is 1. The van der Waals surface area contributed by atoms with Crippen LogP contribution in [0.5, 0.6) is 0 Å². The minimum absolute atomic E-state index is 0.157. The molecule has 0 aromatic heterocycles. The maximum absolute atomic E-state index is 11.7. The first-order valence-electron chi connectivity index (χ1n) is 8.83. The van der Waals surface area contributed by atoms with Crippen LogP contribution in [0.3, 0.4) is 0 Å². The monoisotopic (exact) mass is 351 g/mol. The molecule has 0 saturated carbocycles. The topological polar surface area (TPSA) is 46.2 Å². The van der Waals surface area contributed by atoms with E-state index in [2.05, 4.69) is 53.8 Å². The number of fused-ring (bicyclic) bond motifs is 1. The number of amides is 2. The van der Waals surface area contributed by atoms with Gasteiger partial charge >= 0.3 is 0 Å². The van der Waals surface area contributed by atoms with Crippen LogP contribution in [0.2, 0.25) is 0 Å². The summed E-state index contributed by atoms with van der Waals surface area (Å²) in [6.45, 7) is 0. The Morgan fingerprint density at radius 2 is 1.80 bits per heavy atom. The second-order valence-electron chi connectivity index (χ2n) is 6.99. The average molecular weight is 351 g/mol. The molecule has 4 rings (SSSR count). The van der Waals surface area contributed by atoms with Crippen molar-refractivity contribution >= 4 is 22.9 Å². The van der Waals surface area contributed by atoms with Crippen LogP contribution < -0.4 is 5.32 Å². The van der Waals surface area contributed by atoms with E-state index in [1.807, 2.05) is 0 Å². The first-order valence-corrected chi connectivity index (χ1v) is 9.71. The molecule has 25 heavy (non-hydrogen) atoms. The Balaban J connectivity index is 1.42. The van der Waals surface area contributed by atoms with Gasteiger partial charge in [0.25, 0.3) is 5.24 Å². The molecule has 2 aromatic carbocycles. The second kappa shape index (κ2) is 7.04. The molecule has 4 heteroatoms. The third-order valence-corrected chi connectivity index (χ3v) is 6.14. The van der Waals surface area contributed by atoms with Gasteiger partial charge in [0.1, 0.15) is 0 Å². The average Bonchev–Trinajstić information content (AvgIpc) is 2.93. The normalized spacial score (nSPS) is 22.6. The van der Waals surface area contributed by atoms with E-state index in [4.69, 9.17) is 0 Å². The maximum Gasteiger partial charge on any atom is 0.286 e. The molecule has 0 spiro atoms. The van der Waals surface area contributed by atoms with Gasteiger partial charge in [-0.2, -0.15) is 0 Å². The van der Waals surface area contributed by atoms with Crippen molar-refractivity contribution in [3.63, 3.8) is 0 Å². The van der Waals surface area contributed by atoms with Gasteiger partial charge in [-0.25, -0.2) is 0 Å². The van der Waals surface area contributed by atoms with E-state index in [1.165, 1.54) is 23.1 Å². The standard InChI is InChI=1S/C21H21NO2S/c23-20-19(25-21(24)22-20)13-16-7-9-17-11-15(6-8-18(17)12-16)10-14-4-2-1-3-5-14/h1-5,7,9,12,15,19H,6,8,10-11,13H2,(H,22,23,24). The number of thioether (sulfide) groups is 1. The maximum atomic E-state index is 11.7. The number of rotatable bonds is 4. The highest BCUT2D eigenvalue weighted by Crippen LogP contribution is 2.30. The number of carbonyl (C=O) groups is 2. The molecule has 2 atom stereocenters. The molecule has 3 nitrogen and oxygen atoms in total. The second-order valence-corrected chi connectivity index (χ2v) is 8.16. The van der Waals surface area contributed by atoms with E-state index in [9.17, 15) is 9.59 Å². The summed E-state index contributed by atoms with van der Waals surface area (Å²) in [5, 5.41) is 1.86. The Hall–Kier alpha value is -2.07. The van der Waals surface area contributed by atoms with E-state index in [0.717, 1.165) is 36.6 Å². The number of imide groups is 1. The zero-order valence-corrected chi connectivity index (χ0v) is 14.9. The summed E-state index contributed by atoms with van der Waals surface area (Å²) >= 11 is 1.11. The number of carbonyl (C=O) groups excluding carboxylic acids is 2. The molecule has 1 aliphatic heterocycles. The molecule has 1 saturated heterocycles. The van der Waals surface area contributed by atoms with E-state index in [1.54, 1.807) is 0 Å². The van der Waals surface area contributed by atoms with Crippen LogP contribution >= 0.6 is 11.8 Å². The molecule has 1 N–H and O–H groups in total. The van der Waals surface area contributed by atoms with Crippen molar-refractivity contribution in [3.05, 3.63) is 70.8 Å². The molecule has 2 aliphatic rings. The molecule has 2 aromatic rings. The van der Waals surface area contributed by atoms with Crippen LogP contribution in [-0.4, -0.2) is 16.4 Å². The Morgan fingerprint density at radius 3 is 2.56 bits per heavy atom. The van der Waals surface area contributed by atoms with E-state index >= 15 is 0 Å². The van der Waals surface area contributed by atoms with Crippen LogP contribution in [0.25, 0.3) is 0 Å². The summed E-state index contributed by atoms with van der Waals surface area (Å²) in [6.07, 6.45) is 5.21. The van der Waals surface area contributed by atoms with Crippen molar-refractivity contribution in [3.8, 4) is 0 Å². The highest BCUT2D eigenvalue weighted by Gasteiger charge is 2.31. The van der Waals surface area contributed by atoms with Gasteiger partial charge in [0.15, 0.2) is 0 Å². The minimum atomic E-state index is -0.278. The highest BCUT2D eigenvalue weighted by molar-refractivity contribution is 8.15. The summed E-state index contributed by atoms with van der Waals surface area (Å²) in [5.41, 5.74) is 5.43. The molecule has 1 aliphatic carbocycles. The van der Waals surface area contributed by atoms with Crippen LogP contribution in [0, 0.1) is 5.92 Å². The number of benzene rings is 2.